The molecule has 0 bridgehead atoms. The number of nitrogens with one attached hydrogen (secondary N) is 1. The largest absolute Gasteiger partial charge is 0.497 e. The van der Waals surface area contributed by atoms with Gasteiger partial charge in [-0.3, -0.25) is 19.2 Å². The molecule has 1 fully saturated rings. The van der Waals surface area contributed by atoms with Crippen LogP contribution in [-0.2, 0) is 42.9 Å². The smallest absolute Gasteiger partial charge is 0.303 e. The molecule has 14 heteroatoms. The summed E-state index contributed by atoms with van der Waals surface area (Å²) in [5, 5.41) is 3.71. The Kier molecular flexibility index (Phi) is 9.46. The van der Waals surface area contributed by atoms with E-state index in [2.05, 4.69) is 15.3 Å². The molecule has 5 atom stereocenters. The zero-order valence-electron chi connectivity index (χ0n) is 22.8. The maximum absolute atomic E-state index is 12.1. The number of hydrogen-bond donors (Lipinski definition) is 1. The molecule has 2 heterocycles. The zero-order chi connectivity index (χ0) is 28.9. The molecule has 14 nitrogen and oxygen atoms in total. The van der Waals surface area contributed by atoms with Gasteiger partial charge in [-0.2, -0.15) is 4.98 Å². The maximum atomic E-state index is 12.1. The molecule has 1 saturated heterocycles. The Morgan fingerprint density at radius 1 is 0.897 bits per heavy atom. The molecule has 0 radical (unpaired) electrons. The van der Waals surface area contributed by atoms with Gasteiger partial charge in [-0.05, 0) is 18.2 Å². The van der Waals surface area contributed by atoms with Gasteiger partial charge in [0.15, 0.2) is 24.5 Å². The minimum atomic E-state index is -1.32. The summed E-state index contributed by atoms with van der Waals surface area (Å²) in [5.41, 5.74) is 0.572. The van der Waals surface area contributed by atoms with Crippen LogP contribution in [0.15, 0.2) is 18.2 Å². The second-order valence-corrected chi connectivity index (χ2v) is 8.91. The first-order valence-corrected chi connectivity index (χ1v) is 12.0. The molecule has 1 aromatic heterocycles. The highest BCUT2D eigenvalue weighted by atomic mass is 16.7. The first-order valence-electron chi connectivity index (χ1n) is 12.0. The van der Waals surface area contributed by atoms with Gasteiger partial charge in [0, 0.05) is 47.2 Å². The summed E-state index contributed by atoms with van der Waals surface area (Å²) in [4.78, 5) is 58.5. The lowest BCUT2D eigenvalue weighted by molar-refractivity contribution is -0.247. The molecule has 212 valence electrons. The van der Waals surface area contributed by atoms with E-state index in [9.17, 15) is 19.2 Å². The molecule has 1 aliphatic heterocycles. The van der Waals surface area contributed by atoms with Crippen LogP contribution in [0.4, 0.5) is 11.8 Å². The third-order valence-electron chi connectivity index (χ3n) is 5.57. The predicted molar refractivity (Wildman–Crippen MR) is 136 cm³/mol. The summed E-state index contributed by atoms with van der Waals surface area (Å²) < 4.78 is 32.9. The molecule has 0 amide bonds. The normalized spacial score (nSPS) is 22.4. The van der Waals surface area contributed by atoms with E-state index in [0.29, 0.717) is 22.5 Å². The number of nitrogens with zero attached hydrogens (tertiary/aromatic N) is 3. The molecular formula is C25H32N4O10. The van der Waals surface area contributed by atoms with Gasteiger partial charge in [-0.15, -0.1) is 0 Å². The van der Waals surface area contributed by atoms with Crippen LogP contribution in [0.1, 0.15) is 27.7 Å². The number of ether oxygens (including phenoxy) is 6. The van der Waals surface area contributed by atoms with Crippen molar-refractivity contribution in [3.63, 3.8) is 0 Å². The average Bonchev–Trinajstić information content (AvgIpc) is 2.84. The lowest BCUT2D eigenvalue weighted by atomic mass is 9.97. The highest BCUT2D eigenvalue weighted by Crippen LogP contribution is 2.32. The second kappa shape index (κ2) is 12.6. The number of hydrogen-bond acceptors (Lipinski definition) is 14. The van der Waals surface area contributed by atoms with E-state index in [0.717, 1.165) is 20.8 Å². The van der Waals surface area contributed by atoms with Gasteiger partial charge < -0.3 is 38.6 Å². The van der Waals surface area contributed by atoms with Gasteiger partial charge in [0.05, 0.1) is 12.6 Å². The Labute approximate surface area is 224 Å². The predicted octanol–water partition coefficient (Wildman–Crippen LogP) is 1.20. The summed E-state index contributed by atoms with van der Waals surface area (Å²) in [5.74, 6) is -1.51. The third kappa shape index (κ3) is 7.44. The Morgan fingerprint density at radius 2 is 1.51 bits per heavy atom. The van der Waals surface area contributed by atoms with Crippen molar-refractivity contribution in [2.24, 2.45) is 0 Å². The summed E-state index contributed by atoms with van der Waals surface area (Å²) in [7, 11) is 5.16. The monoisotopic (exact) mass is 548 g/mol. The van der Waals surface area contributed by atoms with Crippen LogP contribution in [-0.4, -0.2) is 92.3 Å². The number of esters is 4. The molecule has 0 aliphatic carbocycles. The Morgan fingerprint density at radius 3 is 2.08 bits per heavy atom. The van der Waals surface area contributed by atoms with E-state index in [1.54, 1.807) is 44.3 Å². The van der Waals surface area contributed by atoms with E-state index < -0.39 is 54.5 Å². The van der Waals surface area contributed by atoms with Crippen LogP contribution in [0.25, 0.3) is 10.9 Å². The summed E-state index contributed by atoms with van der Waals surface area (Å²) in [6, 6.07) is 5.29. The number of fused-ring (bicyclic) bond motifs is 1. The number of carbonyl (C=O) groups excluding carboxylic acids is 4. The molecule has 1 N–H and O–H groups in total. The van der Waals surface area contributed by atoms with Crippen molar-refractivity contribution in [3.05, 3.63) is 18.2 Å². The van der Waals surface area contributed by atoms with Gasteiger partial charge in [-0.25, -0.2) is 4.98 Å². The second-order valence-electron chi connectivity index (χ2n) is 8.91. The van der Waals surface area contributed by atoms with Crippen molar-refractivity contribution >= 4 is 46.5 Å². The zero-order valence-corrected chi connectivity index (χ0v) is 22.8. The fourth-order valence-electron chi connectivity index (χ4n) is 4.10. The van der Waals surface area contributed by atoms with Gasteiger partial charge in [-0.1, -0.05) is 0 Å². The van der Waals surface area contributed by atoms with Crippen molar-refractivity contribution in [2.75, 3.05) is 38.0 Å². The Balaban J connectivity index is 2.08. The van der Waals surface area contributed by atoms with E-state index in [-0.39, 0.29) is 12.6 Å². The Bertz CT molecular complexity index is 1240. The van der Waals surface area contributed by atoms with Crippen molar-refractivity contribution in [1.82, 2.24) is 9.97 Å². The van der Waals surface area contributed by atoms with Crippen LogP contribution in [0, 0.1) is 0 Å². The Hall–Kier alpha value is -4.20. The molecule has 0 unspecified atom stereocenters. The minimum absolute atomic E-state index is 0.0947. The fourth-order valence-corrected chi connectivity index (χ4v) is 4.10. The average molecular weight is 549 g/mol. The standard InChI is InChI=1S/C25H32N4O10/c1-12(30)35-11-19-20(36-13(2)31)21(37-14(3)32)22(38-15(4)33)24(39-19)28-25-26-18-9-8-16(34-7)10-17(18)23(27-25)29(5)6/h8-10,19-22,24H,11H2,1-7H3,(H,26,27,28)/t19-,20-,21+,22-,24-/m1/s1. The van der Waals surface area contributed by atoms with Gasteiger partial charge in [0.2, 0.25) is 5.95 Å². The van der Waals surface area contributed by atoms with Gasteiger partial charge in [0.1, 0.15) is 24.3 Å². The molecule has 3 rings (SSSR count). The van der Waals surface area contributed by atoms with Crippen LogP contribution in [0.5, 0.6) is 5.75 Å². The molecule has 1 aromatic carbocycles. The third-order valence-corrected chi connectivity index (χ3v) is 5.57. The highest BCUT2D eigenvalue weighted by molar-refractivity contribution is 5.91. The number of benzene rings is 1. The minimum Gasteiger partial charge on any atom is -0.497 e. The van der Waals surface area contributed by atoms with Gasteiger partial charge >= 0.3 is 23.9 Å². The lowest BCUT2D eigenvalue weighted by Crippen LogP contribution is -2.64. The highest BCUT2D eigenvalue weighted by Gasteiger charge is 2.52. The number of anilines is 2. The van der Waals surface area contributed by atoms with Crippen LogP contribution >= 0.6 is 0 Å². The summed E-state index contributed by atoms with van der Waals surface area (Å²) in [6.45, 7) is 4.32. The lowest BCUT2D eigenvalue weighted by Gasteiger charge is -2.44. The molecule has 39 heavy (non-hydrogen) atoms. The van der Waals surface area contributed by atoms with Crippen molar-refractivity contribution in [2.45, 2.75) is 58.3 Å². The molecule has 1 aliphatic rings. The van der Waals surface area contributed by atoms with E-state index in [1.807, 2.05) is 0 Å². The SMILES string of the molecule is COc1ccc2nc(N[C@@H]3O[C@H](COC(C)=O)[C@@H](OC(C)=O)[C@H](OC(C)=O)[C@H]3OC(C)=O)nc(N(C)C)c2c1. The molecular weight excluding hydrogens is 516 g/mol. The van der Waals surface area contributed by atoms with E-state index in [4.69, 9.17) is 28.4 Å². The van der Waals surface area contributed by atoms with Crippen molar-refractivity contribution < 1.29 is 47.6 Å². The first-order chi connectivity index (χ1) is 18.4. The van der Waals surface area contributed by atoms with Crippen LogP contribution in [0.2, 0.25) is 0 Å². The summed E-state index contributed by atoms with van der Waals surface area (Å²) in [6.07, 6.45) is -6.21. The number of rotatable bonds is 9. The molecule has 2 aromatic rings. The molecule has 0 spiro atoms. The van der Waals surface area contributed by atoms with Crippen molar-refractivity contribution in [1.29, 1.82) is 0 Å². The first kappa shape index (κ1) is 29.4. The van der Waals surface area contributed by atoms with Crippen LogP contribution in [0.3, 0.4) is 0 Å². The molecule has 0 saturated carbocycles. The quantitative estimate of drug-likeness (QED) is 0.351. The number of aromatic nitrogens is 2. The van der Waals surface area contributed by atoms with Crippen molar-refractivity contribution in [3.8, 4) is 5.75 Å². The van der Waals surface area contributed by atoms with E-state index >= 15 is 0 Å². The fraction of sp³-hybridized carbons (Fsp3) is 0.520. The number of carbonyl (C=O) groups is 4. The van der Waals surface area contributed by atoms with Crippen LogP contribution < -0.4 is 15.0 Å². The maximum Gasteiger partial charge on any atom is 0.303 e. The topological polar surface area (TPSA) is 165 Å². The summed E-state index contributed by atoms with van der Waals surface area (Å²) >= 11 is 0. The number of methoxy groups -OCH3 is 1. The van der Waals surface area contributed by atoms with Gasteiger partial charge in [0.25, 0.3) is 0 Å². The van der Waals surface area contributed by atoms with E-state index in [1.165, 1.54) is 6.92 Å².